The molecule has 2 aliphatic rings. The number of rotatable bonds is 3. The van der Waals surface area contributed by atoms with Crippen molar-refractivity contribution in [3.05, 3.63) is 46.3 Å². The van der Waals surface area contributed by atoms with Crippen molar-refractivity contribution < 1.29 is 9.53 Å². The number of anilines is 1. The number of para-hydroxylation sites is 1. The van der Waals surface area contributed by atoms with E-state index in [0.29, 0.717) is 12.3 Å². The fraction of sp³-hybridized carbons (Fsp3) is 0.294. The van der Waals surface area contributed by atoms with Gasteiger partial charge in [-0.2, -0.15) is 0 Å². The maximum atomic E-state index is 12.4. The van der Waals surface area contributed by atoms with Gasteiger partial charge in [0.05, 0.1) is 0 Å². The second kappa shape index (κ2) is 6.48. The van der Waals surface area contributed by atoms with E-state index < -0.39 is 0 Å². The van der Waals surface area contributed by atoms with Crippen LogP contribution < -0.4 is 9.36 Å². The van der Waals surface area contributed by atoms with Gasteiger partial charge in [0, 0.05) is 0 Å². The van der Waals surface area contributed by atoms with E-state index in [-0.39, 0.29) is 26.0 Å². The Kier molecular flexibility index (Phi) is 4.57. The van der Waals surface area contributed by atoms with Gasteiger partial charge in [0.25, 0.3) is 0 Å². The van der Waals surface area contributed by atoms with Gasteiger partial charge in [0.1, 0.15) is 0 Å². The molecule has 0 N–H and O–H groups in total. The first-order valence-corrected chi connectivity index (χ1v) is 9.68. The van der Waals surface area contributed by atoms with Crippen LogP contribution in [0.25, 0.3) is 0 Å². The summed E-state index contributed by atoms with van der Waals surface area (Å²) in [6.07, 6.45) is 2.82. The maximum absolute atomic E-state index is 12.4. The molecule has 0 aliphatic carbocycles. The van der Waals surface area contributed by atoms with E-state index in [0.717, 1.165) is 12.0 Å². The van der Waals surface area contributed by atoms with Crippen LogP contribution in [0.4, 0.5) is 5.69 Å². The van der Waals surface area contributed by atoms with Crippen LogP contribution in [0.5, 0.6) is 0 Å². The number of hydrogen-bond donors (Lipinski definition) is 0. The number of benzene rings is 1. The Morgan fingerprint density at radius 3 is 2.70 bits per heavy atom. The van der Waals surface area contributed by atoms with Crippen molar-refractivity contribution in [3.8, 4) is 0 Å². The fourth-order valence-electron chi connectivity index (χ4n) is 2.59. The summed E-state index contributed by atoms with van der Waals surface area (Å²) >= 11 is 5.38. The van der Waals surface area contributed by atoms with Gasteiger partial charge >= 0.3 is 148 Å². The topological polar surface area (TPSA) is 32.8 Å². The van der Waals surface area contributed by atoms with Gasteiger partial charge in [-0.15, -0.1) is 0 Å². The van der Waals surface area contributed by atoms with Crippen molar-refractivity contribution in [2.45, 2.75) is 20.3 Å². The number of carbonyl (C=O) groups is 1. The van der Waals surface area contributed by atoms with Crippen LogP contribution in [0.3, 0.4) is 0 Å². The molecule has 2 heterocycles. The van der Waals surface area contributed by atoms with Crippen molar-refractivity contribution in [2.75, 3.05) is 18.5 Å². The quantitative estimate of drug-likeness (QED) is 0.448. The monoisotopic (exact) mass is 394 g/mol. The van der Waals surface area contributed by atoms with Crippen LogP contribution >= 0.6 is 12.2 Å². The normalized spacial score (nSPS) is 21.1. The molecule has 0 atom stereocenters. The van der Waals surface area contributed by atoms with E-state index in [1.54, 1.807) is 0 Å². The zero-order valence-electron chi connectivity index (χ0n) is 13.3. The van der Waals surface area contributed by atoms with Crippen LogP contribution in [-0.2, 0) is 9.53 Å². The SMILES string of the molecule is CCC(C=C1[Se]c2ccccc2N1C)=C1OC(=S)N(CC)C1=O. The molecule has 0 bridgehead atoms. The average molecular weight is 393 g/mol. The molecular weight excluding hydrogens is 375 g/mol. The van der Waals surface area contributed by atoms with E-state index in [4.69, 9.17) is 17.0 Å². The average Bonchev–Trinajstić information content (AvgIpc) is 3.02. The molecule has 0 spiro atoms. The Labute approximate surface area is 147 Å². The number of carbonyl (C=O) groups excluding carboxylic acids is 1. The summed E-state index contributed by atoms with van der Waals surface area (Å²) in [5.41, 5.74) is 2.15. The van der Waals surface area contributed by atoms with Gasteiger partial charge in [-0.25, -0.2) is 0 Å². The third-order valence-electron chi connectivity index (χ3n) is 3.91. The van der Waals surface area contributed by atoms with E-state index in [9.17, 15) is 4.79 Å². The number of likely N-dealkylation sites (N-methyl/N-ethyl adjacent to an activating group) is 1. The Morgan fingerprint density at radius 1 is 1.35 bits per heavy atom. The van der Waals surface area contributed by atoms with Gasteiger partial charge in [0.15, 0.2) is 0 Å². The summed E-state index contributed by atoms with van der Waals surface area (Å²) in [7, 11) is 2.07. The van der Waals surface area contributed by atoms with E-state index in [1.807, 2.05) is 13.8 Å². The van der Waals surface area contributed by atoms with Crippen LogP contribution in [0.2, 0.25) is 0 Å². The molecule has 1 aromatic carbocycles. The van der Waals surface area contributed by atoms with Crippen LogP contribution in [0, 0.1) is 0 Å². The molecule has 1 amide bonds. The predicted molar refractivity (Wildman–Crippen MR) is 96.7 cm³/mol. The first-order chi connectivity index (χ1) is 11.1. The first kappa shape index (κ1) is 16.2. The molecule has 1 fully saturated rings. The Morgan fingerprint density at radius 2 is 2.09 bits per heavy atom. The van der Waals surface area contributed by atoms with Crippen LogP contribution in [-0.4, -0.2) is 44.5 Å². The molecule has 0 unspecified atom stereocenters. The van der Waals surface area contributed by atoms with Gasteiger partial charge in [0.2, 0.25) is 0 Å². The zero-order valence-corrected chi connectivity index (χ0v) is 15.9. The van der Waals surface area contributed by atoms with E-state index in [1.165, 1.54) is 19.6 Å². The molecule has 0 saturated carbocycles. The van der Waals surface area contributed by atoms with Gasteiger partial charge in [-0.05, 0) is 0 Å². The summed E-state index contributed by atoms with van der Waals surface area (Å²) in [6.45, 7) is 4.46. The van der Waals surface area contributed by atoms with Gasteiger partial charge in [-0.1, -0.05) is 0 Å². The minimum absolute atomic E-state index is 0.128. The van der Waals surface area contributed by atoms with Gasteiger partial charge in [-0.3, -0.25) is 0 Å². The molecule has 1 aromatic rings. The number of amides is 1. The number of ether oxygens (including phenoxy) is 1. The predicted octanol–water partition coefficient (Wildman–Crippen LogP) is 2.13. The van der Waals surface area contributed by atoms with Crippen molar-refractivity contribution in [2.24, 2.45) is 0 Å². The summed E-state index contributed by atoms with van der Waals surface area (Å²) in [5.74, 6) is 0.254. The molecular formula is C17H18N2O2SSe. The Bertz CT molecular complexity index is 742. The second-order valence-electron chi connectivity index (χ2n) is 5.24. The number of nitrogens with zero attached hydrogens (tertiary/aromatic N) is 2. The van der Waals surface area contributed by atoms with Crippen LogP contribution in [0.1, 0.15) is 20.3 Å². The Balaban J connectivity index is 1.97. The molecule has 0 aromatic heterocycles. The zero-order chi connectivity index (χ0) is 16.6. The summed E-state index contributed by atoms with van der Waals surface area (Å²) in [6, 6.07) is 8.41. The number of fused-ring (bicyclic) bond motifs is 1. The third-order valence-corrected chi connectivity index (χ3v) is 6.66. The molecule has 0 radical (unpaired) electrons. The van der Waals surface area contributed by atoms with E-state index >= 15 is 0 Å². The van der Waals surface area contributed by atoms with Crippen molar-refractivity contribution >= 4 is 48.4 Å². The Hall–Kier alpha value is -1.62. The van der Waals surface area contributed by atoms with Gasteiger partial charge < -0.3 is 0 Å². The molecule has 120 valence electrons. The van der Waals surface area contributed by atoms with Crippen molar-refractivity contribution in [1.82, 2.24) is 4.90 Å². The summed E-state index contributed by atoms with van der Waals surface area (Å²) in [5, 5.41) is 0.255. The van der Waals surface area contributed by atoms with E-state index in [2.05, 4.69) is 42.3 Å². The summed E-state index contributed by atoms with van der Waals surface area (Å²) in [4.78, 5) is 16.1. The summed E-state index contributed by atoms with van der Waals surface area (Å²) < 4.78 is 8.17. The van der Waals surface area contributed by atoms with Crippen molar-refractivity contribution in [3.63, 3.8) is 0 Å². The number of allylic oxidation sites excluding steroid dienone is 2. The standard InChI is InChI=1S/C17H18N2O2SSe/c1-4-11(15-16(20)19(5-2)17(22)21-15)10-14-18(3)12-8-6-7-9-13(12)23-14/h6-10H,4-5H2,1-3H3. The number of hydrogen-bond acceptors (Lipinski definition) is 4. The third kappa shape index (κ3) is 2.82. The first-order valence-electron chi connectivity index (χ1n) is 7.56. The van der Waals surface area contributed by atoms with Crippen molar-refractivity contribution in [1.29, 1.82) is 0 Å². The second-order valence-corrected chi connectivity index (χ2v) is 7.81. The molecule has 4 nitrogen and oxygen atoms in total. The molecule has 6 heteroatoms. The molecule has 2 aliphatic heterocycles. The minimum atomic E-state index is -0.128. The molecule has 1 saturated heterocycles. The van der Waals surface area contributed by atoms with Crippen LogP contribution in [0.15, 0.2) is 46.3 Å². The molecule has 3 rings (SSSR count). The number of thiocarbonyl (C=S) groups is 1. The molecule has 23 heavy (non-hydrogen) atoms. The fourth-order valence-corrected chi connectivity index (χ4v) is 5.23.